The SMILES string of the molecule is C.CCOC(=O)CNc1cccc(-c2ccccc2-c2nc(-c3ccccc3)c(-c3ccccc3)n2CC)c1. The third kappa shape index (κ3) is 5.93. The molecule has 0 unspecified atom stereocenters. The van der Waals surface area contributed by atoms with Crippen molar-refractivity contribution in [1.29, 1.82) is 0 Å². The van der Waals surface area contributed by atoms with Crippen molar-refractivity contribution in [3.63, 3.8) is 0 Å². The highest BCUT2D eigenvalue weighted by molar-refractivity contribution is 5.87. The molecule has 1 N–H and O–H groups in total. The van der Waals surface area contributed by atoms with E-state index in [1.165, 1.54) is 0 Å². The van der Waals surface area contributed by atoms with Crippen molar-refractivity contribution < 1.29 is 9.53 Å². The number of benzene rings is 4. The number of esters is 1. The molecule has 0 aliphatic carbocycles. The third-order valence-corrected chi connectivity index (χ3v) is 6.46. The maximum Gasteiger partial charge on any atom is 0.325 e. The summed E-state index contributed by atoms with van der Waals surface area (Å²) in [6.45, 7) is 5.24. The van der Waals surface area contributed by atoms with Gasteiger partial charge in [0.05, 0.1) is 18.0 Å². The maximum absolute atomic E-state index is 11.9. The molecule has 0 aliphatic rings. The number of rotatable bonds is 9. The second-order valence-corrected chi connectivity index (χ2v) is 8.89. The van der Waals surface area contributed by atoms with Crippen LogP contribution in [0.25, 0.3) is 45.0 Å². The van der Waals surface area contributed by atoms with Gasteiger partial charge in [-0.15, -0.1) is 0 Å². The second kappa shape index (κ2) is 12.7. The Bertz CT molecular complexity index is 1530. The molecule has 1 heterocycles. The van der Waals surface area contributed by atoms with Crippen molar-refractivity contribution in [3.8, 4) is 45.0 Å². The van der Waals surface area contributed by atoms with Gasteiger partial charge in [-0.3, -0.25) is 4.79 Å². The van der Waals surface area contributed by atoms with Crippen LogP contribution in [0, 0.1) is 0 Å². The number of hydrogen-bond donors (Lipinski definition) is 1. The van der Waals surface area contributed by atoms with Crippen LogP contribution in [0.1, 0.15) is 21.3 Å². The molecule has 0 saturated heterocycles. The Balaban J connectivity index is 0.00000353. The minimum Gasteiger partial charge on any atom is -0.465 e. The van der Waals surface area contributed by atoms with Crippen molar-refractivity contribution in [1.82, 2.24) is 9.55 Å². The Labute approximate surface area is 231 Å². The molecule has 5 heteroatoms. The fourth-order valence-electron chi connectivity index (χ4n) is 4.77. The van der Waals surface area contributed by atoms with E-state index in [9.17, 15) is 4.79 Å². The topological polar surface area (TPSA) is 56.1 Å². The smallest absolute Gasteiger partial charge is 0.325 e. The van der Waals surface area contributed by atoms with Gasteiger partial charge in [-0.25, -0.2) is 4.98 Å². The second-order valence-electron chi connectivity index (χ2n) is 8.89. The lowest BCUT2D eigenvalue weighted by Crippen LogP contribution is -2.16. The summed E-state index contributed by atoms with van der Waals surface area (Å²) in [6, 6.07) is 37.3. The predicted molar refractivity (Wildman–Crippen MR) is 161 cm³/mol. The molecule has 1 aromatic heterocycles. The van der Waals surface area contributed by atoms with E-state index in [1.54, 1.807) is 0 Å². The highest BCUT2D eigenvalue weighted by atomic mass is 16.5. The Morgan fingerprint density at radius 2 is 1.38 bits per heavy atom. The molecule has 5 aromatic rings. The van der Waals surface area contributed by atoms with E-state index in [1.807, 2.05) is 37.3 Å². The van der Waals surface area contributed by atoms with Crippen LogP contribution in [0.5, 0.6) is 0 Å². The lowest BCUT2D eigenvalue weighted by molar-refractivity contribution is -0.140. The monoisotopic (exact) mass is 517 g/mol. The number of hydrogen-bond acceptors (Lipinski definition) is 4. The van der Waals surface area contributed by atoms with E-state index in [-0.39, 0.29) is 19.9 Å². The predicted octanol–water partition coefficient (Wildman–Crippen LogP) is 8.18. The number of nitrogens with one attached hydrogen (secondary N) is 1. The van der Waals surface area contributed by atoms with Crippen LogP contribution >= 0.6 is 0 Å². The summed E-state index contributed by atoms with van der Waals surface area (Å²) in [7, 11) is 0. The average molecular weight is 518 g/mol. The van der Waals surface area contributed by atoms with Crippen LogP contribution in [-0.4, -0.2) is 28.7 Å². The molecular formula is C34H35N3O2. The van der Waals surface area contributed by atoms with Crippen molar-refractivity contribution in [2.75, 3.05) is 18.5 Å². The summed E-state index contributed by atoms with van der Waals surface area (Å²) in [5.41, 5.74) is 8.32. The average Bonchev–Trinajstić information content (AvgIpc) is 3.37. The summed E-state index contributed by atoms with van der Waals surface area (Å²) in [5.74, 6) is 0.649. The standard InChI is InChI=1S/C33H31N3O2.CH4/c1-3-36-32(25-16-9-6-10-17-25)31(24-14-7-5-8-15-24)35-33(36)29-21-12-11-20-28(29)26-18-13-19-27(22-26)34-23-30(37)38-4-2;/h5-22,34H,3-4,23H2,1-2H3;1H4. The van der Waals surface area contributed by atoms with Gasteiger partial charge in [0.25, 0.3) is 0 Å². The summed E-state index contributed by atoms with van der Waals surface area (Å²) < 4.78 is 7.36. The quantitative estimate of drug-likeness (QED) is 0.200. The molecule has 0 spiro atoms. The van der Waals surface area contributed by atoms with E-state index in [0.717, 1.165) is 57.3 Å². The zero-order valence-electron chi connectivity index (χ0n) is 21.7. The first-order valence-corrected chi connectivity index (χ1v) is 13.0. The molecule has 4 aromatic carbocycles. The van der Waals surface area contributed by atoms with E-state index in [0.29, 0.717) is 6.61 Å². The molecule has 0 fully saturated rings. The summed E-state index contributed by atoms with van der Waals surface area (Å²) in [4.78, 5) is 17.1. The van der Waals surface area contributed by atoms with Crippen LogP contribution in [-0.2, 0) is 16.1 Å². The molecule has 0 radical (unpaired) electrons. The third-order valence-electron chi connectivity index (χ3n) is 6.46. The fraction of sp³-hybridized carbons (Fsp3) is 0.176. The molecule has 0 amide bonds. The van der Waals surface area contributed by atoms with Crippen LogP contribution in [0.3, 0.4) is 0 Å². The molecule has 198 valence electrons. The van der Waals surface area contributed by atoms with Crippen LogP contribution in [0.4, 0.5) is 5.69 Å². The van der Waals surface area contributed by atoms with Gasteiger partial charge in [0.15, 0.2) is 0 Å². The van der Waals surface area contributed by atoms with Gasteiger partial charge in [0.2, 0.25) is 0 Å². The molecule has 0 atom stereocenters. The largest absolute Gasteiger partial charge is 0.465 e. The number of imidazole rings is 1. The molecule has 39 heavy (non-hydrogen) atoms. The molecule has 5 nitrogen and oxygen atoms in total. The highest BCUT2D eigenvalue weighted by Crippen LogP contribution is 2.39. The van der Waals surface area contributed by atoms with Crippen LogP contribution in [0.15, 0.2) is 109 Å². The van der Waals surface area contributed by atoms with Crippen molar-refractivity contribution >= 4 is 11.7 Å². The van der Waals surface area contributed by atoms with Gasteiger partial charge in [0, 0.05) is 28.9 Å². The minimum absolute atomic E-state index is 0. The minimum atomic E-state index is -0.273. The van der Waals surface area contributed by atoms with Gasteiger partial charge in [-0.2, -0.15) is 0 Å². The van der Waals surface area contributed by atoms with Gasteiger partial charge in [-0.1, -0.05) is 104 Å². The van der Waals surface area contributed by atoms with Crippen LogP contribution < -0.4 is 5.32 Å². The summed E-state index contributed by atoms with van der Waals surface area (Å²) in [5, 5.41) is 3.18. The molecule has 5 rings (SSSR count). The van der Waals surface area contributed by atoms with Crippen molar-refractivity contribution in [2.24, 2.45) is 0 Å². The van der Waals surface area contributed by atoms with E-state index < -0.39 is 0 Å². The first-order valence-electron chi connectivity index (χ1n) is 13.0. The number of nitrogens with zero attached hydrogens (tertiary/aromatic N) is 2. The maximum atomic E-state index is 11.9. The van der Waals surface area contributed by atoms with Crippen LogP contribution in [0.2, 0.25) is 0 Å². The Morgan fingerprint density at radius 1 is 0.769 bits per heavy atom. The number of ether oxygens (including phenoxy) is 1. The lowest BCUT2D eigenvalue weighted by atomic mass is 9.98. The van der Waals surface area contributed by atoms with E-state index >= 15 is 0 Å². The Hall–Kier alpha value is -4.64. The fourth-order valence-corrected chi connectivity index (χ4v) is 4.77. The number of anilines is 1. The van der Waals surface area contributed by atoms with Gasteiger partial charge in [0.1, 0.15) is 12.4 Å². The summed E-state index contributed by atoms with van der Waals surface area (Å²) >= 11 is 0. The number of carbonyl (C=O) groups is 1. The first-order chi connectivity index (χ1) is 18.7. The highest BCUT2D eigenvalue weighted by Gasteiger charge is 2.22. The molecule has 0 saturated carbocycles. The molecule has 0 aliphatic heterocycles. The number of aromatic nitrogens is 2. The summed E-state index contributed by atoms with van der Waals surface area (Å²) in [6.07, 6.45) is 0. The van der Waals surface area contributed by atoms with Gasteiger partial charge in [-0.05, 0) is 37.1 Å². The first kappa shape index (κ1) is 27.4. The van der Waals surface area contributed by atoms with E-state index in [4.69, 9.17) is 9.72 Å². The van der Waals surface area contributed by atoms with Crippen molar-refractivity contribution in [3.05, 3.63) is 109 Å². The Kier molecular flexibility index (Phi) is 8.95. The lowest BCUT2D eigenvalue weighted by Gasteiger charge is -2.14. The Morgan fingerprint density at radius 3 is 2.05 bits per heavy atom. The van der Waals surface area contributed by atoms with Gasteiger partial charge >= 0.3 is 5.97 Å². The van der Waals surface area contributed by atoms with Gasteiger partial charge < -0.3 is 14.6 Å². The number of carbonyl (C=O) groups excluding carboxylic acids is 1. The zero-order valence-corrected chi connectivity index (χ0v) is 21.7. The van der Waals surface area contributed by atoms with Crippen molar-refractivity contribution in [2.45, 2.75) is 27.8 Å². The molecule has 0 bridgehead atoms. The zero-order chi connectivity index (χ0) is 26.3. The normalized spacial score (nSPS) is 10.5. The van der Waals surface area contributed by atoms with E-state index in [2.05, 4.69) is 95.7 Å². The molecular weight excluding hydrogens is 482 g/mol.